The number of hydrogen-bond donors (Lipinski definition) is 1. The fraction of sp³-hybridized carbons (Fsp3) is 0.333. The van der Waals surface area contributed by atoms with Crippen LogP contribution in [0.2, 0.25) is 0 Å². The molecule has 0 fully saturated rings. The Labute approximate surface area is 152 Å². The molecular formula is C21H24NO2S+. The summed E-state index contributed by atoms with van der Waals surface area (Å²) in [4.78, 5) is 1.41. The van der Waals surface area contributed by atoms with E-state index in [1.54, 1.807) is 0 Å². The van der Waals surface area contributed by atoms with Crippen molar-refractivity contribution < 1.29 is 14.8 Å². The fourth-order valence-electron chi connectivity index (χ4n) is 3.62. The average molecular weight is 354 g/mol. The molecule has 2 N–H and O–H groups in total. The molecule has 3 aromatic rings. The summed E-state index contributed by atoms with van der Waals surface area (Å²) in [6.07, 6.45) is 1.07. The van der Waals surface area contributed by atoms with Gasteiger partial charge in [0, 0.05) is 16.7 Å². The molecule has 0 saturated heterocycles. The van der Waals surface area contributed by atoms with E-state index in [-0.39, 0.29) is 0 Å². The van der Waals surface area contributed by atoms with Gasteiger partial charge in [-0.1, -0.05) is 18.2 Å². The number of fused-ring (bicyclic) bond motifs is 2. The first-order valence-electron chi connectivity index (χ1n) is 9.04. The number of hydrogen-bond acceptors (Lipinski definition) is 3. The second-order valence-electron chi connectivity index (χ2n) is 6.30. The Morgan fingerprint density at radius 1 is 1.04 bits per heavy atom. The molecule has 2 aromatic carbocycles. The van der Waals surface area contributed by atoms with Crippen LogP contribution in [0.15, 0.2) is 42.5 Å². The summed E-state index contributed by atoms with van der Waals surface area (Å²) in [6, 6.07) is 15.7. The smallest absolute Gasteiger partial charge is 0.161 e. The largest absolute Gasteiger partial charge is 0.490 e. The van der Waals surface area contributed by atoms with Crippen LogP contribution in [-0.2, 0) is 6.42 Å². The zero-order valence-corrected chi connectivity index (χ0v) is 15.6. The summed E-state index contributed by atoms with van der Waals surface area (Å²) >= 11 is 1.90. The highest BCUT2D eigenvalue weighted by Crippen LogP contribution is 2.38. The van der Waals surface area contributed by atoms with Gasteiger partial charge in [0.05, 0.1) is 24.6 Å². The van der Waals surface area contributed by atoms with Gasteiger partial charge in [-0.05, 0) is 49.1 Å². The van der Waals surface area contributed by atoms with Crippen LogP contribution in [0.4, 0.5) is 0 Å². The van der Waals surface area contributed by atoms with Gasteiger partial charge in [-0.3, -0.25) is 0 Å². The molecule has 1 aliphatic rings. The Bertz CT molecular complexity index is 854. The molecule has 130 valence electrons. The Hall–Kier alpha value is -2.04. The van der Waals surface area contributed by atoms with Gasteiger partial charge in [-0.15, -0.1) is 11.3 Å². The van der Waals surface area contributed by atoms with Crippen molar-refractivity contribution in [3.8, 4) is 11.5 Å². The molecule has 0 aliphatic carbocycles. The molecule has 2 heterocycles. The average Bonchev–Trinajstić information content (AvgIpc) is 3.06. The van der Waals surface area contributed by atoms with E-state index >= 15 is 0 Å². The Balaban J connectivity index is 1.78. The van der Waals surface area contributed by atoms with Crippen molar-refractivity contribution in [2.75, 3.05) is 19.8 Å². The highest BCUT2D eigenvalue weighted by atomic mass is 32.1. The van der Waals surface area contributed by atoms with E-state index in [0.29, 0.717) is 19.3 Å². The lowest BCUT2D eigenvalue weighted by Gasteiger charge is -2.25. The molecule has 0 saturated carbocycles. The minimum atomic E-state index is 0.344. The van der Waals surface area contributed by atoms with Gasteiger partial charge < -0.3 is 14.8 Å². The van der Waals surface area contributed by atoms with E-state index < -0.39 is 0 Å². The molecule has 4 heteroatoms. The zero-order valence-electron chi connectivity index (χ0n) is 14.7. The van der Waals surface area contributed by atoms with Crippen molar-refractivity contribution >= 4 is 21.4 Å². The summed E-state index contributed by atoms with van der Waals surface area (Å²) in [5.74, 6) is 1.74. The van der Waals surface area contributed by atoms with Crippen molar-refractivity contribution in [2.24, 2.45) is 0 Å². The fourth-order valence-corrected chi connectivity index (χ4v) is 4.80. The Morgan fingerprint density at radius 3 is 2.56 bits per heavy atom. The minimum absolute atomic E-state index is 0.344. The SMILES string of the molecule is CCOc1cc2c(cc1OCC)[C@H](c1cc3ccccc3s1)[NH2+]CC2. The van der Waals surface area contributed by atoms with E-state index in [0.717, 1.165) is 24.5 Å². The maximum Gasteiger partial charge on any atom is 0.161 e. The lowest BCUT2D eigenvalue weighted by Crippen LogP contribution is -2.87. The van der Waals surface area contributed by atoms with Crippen LogP contribution >= 0.6 is 11.3 Å². The van der Waals surface area contributed by atoms with Crippen LogP contribution in [0.3, 0.4) is 0 Å². The maximum atomic E-state index is 5.86. The molecule has 0 amide bonds. The number of quaternary nitrogens is 1. The van der Waals surface area contributed by atoms with Crippen molar-refractivity contribution in [2.45, 2.75) is 26.3 Å². The zero-order chi connectivity index (χ0) is 17.2. The van der Waals surface area contributed by atoms with E-state index in [2.05, 4.69) is 47.8 Å². The van der Waals surface area contributed by atoms with Gasteiger partial charge in [0.1, 0.15) is 6.04 Å². The summed E-state index contributed by atoms with van der Waals surface area (Å²) in [5, 5.41) is 3.78. The highest BCUT2D eigenvalue weighted by Gasteiger charge is 2.28. The standard InChI is InChI=1S/C21H23NO2S/c1-3-23-17-11-14-9-10-22-21(16(14)13-18(17)24-4-2)20-12-15-7-5-6-8-19(15)25-20/h5-8,11-13,21-22H,3-4,9-10H2,1-2H3/p+1/t21-/m1/s1. The van der Waals surface area contributed by atoms with E-state index in [4.69, 9.17) is 9.47 Å². The molecule has 1 atom stereocenters. The van der Waals surface area contributed by atoms with E-state index in [9.17, 15) is 0 Å². The summed E-state index contributed by atoms with van der Waals surface area (Å²) in [7, 11) is 0. The van der Waals surface area contributed by atoms with E-state index in [1.165, 1.54) is 26.1 Å². The van der Waals surface area contributed by atoms with Gasteiger partial charge in [0.2, 0.25) is 0 Å². The quantitative estimate of drug-likeness (QED) is 0.754. The predicted octanol–water partition coefficient (Wildman–Crippen LogP) is 3.91. The summed E-state index contributed by atoms with van der Waals surface area (Å²) in [6.45, 7) is 6.44. The van der Waals surface area contributed by atoms with Gasteiger partial charge >= 0.3 is 0 Å². The van der Waals surface area contributed by atoms with Gasteiger partial charge in [-0.25, -0.2) is 0 Å². The minimum Gasteiger partial charge on any atom is -0.490 e. The maximum absolute atomic E-state index is 5.86. The van der Waals surface area contributed by atoms with Gasteiger partial charge in [-0.2, -0.15) is 0 Å². The molecular weight excluding hydrogens is 330 g/mol. The Kier molecular flexibility index (Phi) is 4.64. The van der Waals surface area contributed by atoms with Crippen LogP contribution in [0.25, 0.3) is 10.1 Å². The van der Waals surface area contributed by atoms with Crippen molar-refractivity contribution in [1.29, 1.82) is 0 Å². The second-order valence-corrected chi connectivity index (χ2v) is 7.42. The number of nitrogens with two attached hydrogens (primary N) is 1. The molecule has 25 heavy (non-hydrogen) atoms. The van der Waals surface area contributed by atoms with Gasteiger partial charge in [0.15, 0.2) is 11.5 Å². The van der Waals surface area contributed by atoms with Crippen LogP contribution < -0.4 is 14.8 Å². The van der Waals surface area contributed by atoms with Crippen molar-refractivity contribution in [3.63, 3.8) is 0 Å². The third kappa shape index (κ3) is 3.12. The third-order valence-electron chi connectivity index (χ3n) is 4.71. The third-order valence-corrected chi connectivity index (χ3v) is 5.91. The summed E-state index contributed by atoms with van der Waals surface area (Å²) < 4.78 is 13.0. The molecule has 1 aliphatic heterocycles. The molecule has 0 radical (unpaired) electrons. The molecule has 3 nitrogen and oxygen atoms in total. The predicted molar refractivity (Wildman–Crippen MR) is 103 cm³/mol. The van der Waals surface area contributed by atoms with Crippen LogP contribution in [0.1, 0.15) is 35.9 Å². The number of benzene rings is 2. The molecule has 0 bridgehead atoms. The van der Waals surface area contributed by atoms with Crippen molar-refractivity contribution in [1.82, 2.24) is 0 Å². The molecule has 0 unspecified atom stereocenters. The number of thiophene rings is 1. The molecule has 1 aromatic heterocycles. The lowest BCUT2D eigenvalue weighted by atomic mass is 9.92. The first kappa shape index (κ1) is 16.4. The number of rotatable bonds is 5. The first-order valence-corrected chi connectivity index (χ1v) is 9.86. The highest BCUT2D eigenvalue weighted by molar-refractivity contribution is 7.19. The summed E-state index contributed by atoms with van der Waals surface area (Å²) in [5.41, 5.74) is 2.75. The lowest BCUT2D eigenvalue weighted by molar-refractivity contribution is -0.689. The van der Waals surface area contributed by atoms with Gasteiger partial charge in [0.25, 0.3) is 0 Å². The second kappa shape index (κ2) is 7.06. The monoisotopic (exact) mass is 354 g/mol. The normalized spacial score (nSPS) is 16.6. The van der Waals surface area contributed by atoms with Crippen LogP contribution in [0.5, 0.6) is 11.5 Å². The Morgan fingerprint density at radius 2 is 1.80 bits per heavy atom. The first-order chi connectivity index (χ1) is 12.3. The van der Waals surface area contributed by atoms with E-state index in [1.807, 2.05) is 25.2 Å². The van der Waals surface area contributed by atoms with Crippen LogP contribution in [0, 0.1) is 0 Å². The van der Waals surface area contributed by atoms with Crippen molar-refractivity contribution in [3.05, 3.63) is 58.5 Å². The molecule has 0 spiro atoms. The molecule has 4 rings (SSSR count). The topological polar surface area (TPSA) is 35.1 Å². The number of ether oxygens (including phenoxy) is 2. The van der Waals surface area contributed by atoms with Crippen LogP contribution in [-0.4, -0.2) is 19.8 Å².